The molecule has 30 heavy (non-hydrogen) atoms. The molecule has 0 saturated carbocycles. The van der Waals surface area contributed by atoms with E-state index in [2.05, 4.69) is 62.3 Å². The normalized spacial score (nSPS) is 22.5. The van der Waals surface area contributed by atoms with Gasteiger partial charge >= 0.3 is 0 Å². The van der Waals surface area contributed by atoms with Crippen LogP contribution in [0.25, 0.3) is 11.0 Å². The number of aromatic nitrogens is 2. The maximum Gasteiger partial charge on any atom is 0.122 e. The van der Waals surface area contributed by atoms with Gasteiger partial charge in [-0.25, -0.2) is 9.97 Å². The van der Waals surface area contributed by atoms with Gasteiger partial charge in [-0.15, -0.1) is 0 Å². The lowest BCUT2D eigenvalue weighted by Crippen LogP contribution is -2.48. The van der Waals surface area contributed by atoms with Crippen LogP contribution in [0.2, 0.25) is 0 Å². The lowest BCUT2D eigenvalue weighted by Gasteiger charge is -2.50. The Morgan fingerprint density at radius 3 is 2.50 bits per heavy atom. The molecule has 1 unspecified atom stereocenters. The molecule has 2 aliphatic carbocycles. The van der Waals surface area contributed by atoms with Crippen LogP contribution in [0.4, 0.5) is 0 Å². The fourth-order valence-corrected chi connectivity index (χ4v) is 5.96. The first kappa shape index (κ1) is 19.5. The van der Waals surface area contributed by atoms with Crippen molar-refractivity contribution in [2.24, 2.45) is 5.92 Å². The Bertz CT molecular complexity index is 1110. The number of hydrogen-bond donors (Lipinski definition) is 0. The van der Waals surface area contributed by atoms with E-state index < -0.39 is 0 Å². The molecule has 0 spiro atoms. The zero-order valence-electron chi connectivity index (χ0n) is 18.5. The molecule has 0 aliphatic heterocycles. The smallest absolute Gasteiger partial charge is 0.122 e. The lowest BCUT2D eigenvalue weighted by atomic mass is 9.55. The van der Waals surface area contributed by atoms with Gasteiger partial charge in [-0.2, -0.15) is 0 Å². The van der Waals surface area contributed by atoms with Crippen molar-refractivity contribution in [3.8, 4) is 5.75 Å². The van der Waals surface area contributed by atoms with Crippen molar-refractivity contribution < 1.29 is 4.74 Å². The number of aryl methyl sites for hydroxylation is 1. The number of nitrogens with zero attached hydrogens (tertiary/aromatic N) is 3. The van der Waals surface area contributed by atoms with Gasteiger partial charge in [-0.1, -0.05) is 18.2 Å². The van der Waals surface area contributed by atoms with Crippen molar-refractivity contribution in [3.05, 3.63) is 64.5 Å². The summed E-state index contributed by atoms with van der Waals surface area (Å²) in [6, 6.07) is 12.7. The summed E-state index contributed by atoms with van der Waals surface area (Å²) in [5.74, 6) is 1.60. The fourth-order valence-electron chi connectivity index (χ4n) is 5.96. The van der Waals surface area contributed by atoms with Gasteiger partial charge in [0.1, 0.15) is 5.75 Å². The summed E-state index contributed by atoms with van der Waals surface area (Å²) in [7, 11) is 6.14. The van der Waals surface area contributed by atoms with Crippen LogP contribution in [0.5, 0.6) is 5.75 Å². The average molecular weight is 402 g/mol. The molecule has 2 aliphatic rings. The summed E-state index contributed by atoms with van der Waals surface area (Å²) in [4.78, 5) is 12.5. The number of fused-ring (bicyclic) bond motifs is 5. The molecule has 0 radical (unpaired) electrons. The molecule has 4 nitrogen and oxygen atoms in total. The van der Waals surface area contributed by atoms with Gasteiger partial charge in [0.2, 0.25) is 0 Å². The first-order valence-corrected chi connectivity index (χ1v) is 11.1. The molecule has 0 amide bonds. The quantitative estimate of drug-likeness (QED) is 0.645. The maximum absolute atomic E-state index is 5.75. The van der Waals surface area contributed by atoms with Crippen LogP contribution in [0.15, 0.2) is 36.4 Å². The predicted molar refractivity (Wildman–Crippen MR) is 121 cm³/mol. The van der Waals surface area contributed by atoms with Crippen molar-refractivity contribution in [3.63, 3.8) is 0 Å². The van der Waals surface area contributed by atoms with Crippen LogP contribution in [-0.2, 0) is 24.7 Å². The number of rotatable bonds is 4. The fraction of sp³-hybridized carbons (Fsp3) is 0.462. The summed E-state index contributed by atoms with van der Waals surface area (Å²) in [5, 5.41) is 0. The van der Waals surface area contributed by atoms with Gasteiger partial charge in [-0.05, 0) is 94.1 Å². The van der Waals surface area contributed by atoms with Gasteiger partial charge in [0.25, 0.3) is 0 Å². The van der Waals surface area contributed by atoms with Crippen LogP contribution >= 0.6 is 0 Å². The molecular formula is C26H31N3O. The van der Waals surface area contributed by atoms with Gasteiger partial charge in [0.15, 0.2) is 0 Å². The van der Waals surface area contributed by atoms with E-state index in [1.165, 1.54) is 34.5 Å². The third-order valence-electron chi connectivity index (χ3n) is 7.42. The molecule has 5 rings (SSSR count). The van der Waals surface area contributed by atoms with Crippen LogP contribution in [0.3, 0.4) is 0 Å². The van der Waals surface area contributed by atoms with E-state index in [-0.39, 0.29) is 5.41 Å². The second-order valence-electron chi connectivity index (χ2n) is 9.36. The SMILES string of the molecule is COc1ccc2c(c1C)[C@]1(CCN(C)C)Cc3nc4ccccc4nc3CC1CC2. The molecule has 156 valence electrons. The summed E-state index contributed by atoms with van der Waals surface area (Å²) in [6.07, 6.45) is 5.50. The second-order valence-corrected chi connectivity index (χ2v) is 9.36. The molecule has 3 aromatic rings. The van der Waals surface area contributed by atoms with E-state index in [9.17, 15) is 0 Å². The van der Waals surface area contributed by atoms with E-state index in [0.29, 0.717) is 5.92 Å². The molecule has 2 atom stereocenters. The molecule has 1 aromatic heterocycles. The van der Waals surface area contributed by atoms with Crippen LogP contribution in [0, 0.1) is 12.8 Å². The minimum atomic E-state index is 0.0978. The second kappa shape index (κ2) is 7.35. The molecule has 0 saturated heterocycles. The highest BCUT2D eigenvalue weighted by Crippen LogP contribution is 2.52. The Morgan fingerprint density at radius 1 is 1.07 bits per heavy atom. The zero-order chi connectivity index (χ0) is 20.9. The largest absolute Gasteiger partial charge is 0.496 e. The Kier molecular flexibility index (Phi) is 4.78. The molecule has 1 heterocycles. The average Bonchev–Trinajstić information content (AvgIpc) is 2.75. The minimum Gasteiger partial charge on any atom is -0.496 e. The zero-order valence-corrected chi connectivity index (χ0v) is 18.5. The van der Waals surface area contributed by atoms with E-state index in [0.717, 1.165) is 49.0 Å². The van der Waals surface area contributed by atoms with Crippen LogP contribution in [0.1, 0.15) is 40.9 Å². The molecule has 2 aromatic carbocycles. The Hall–Kier alpha value is -2.46. The first-order chi connectivity index (χ1) is 14.5. The highest BCUT2D eigenvalue weighted by Gasteiger charge is 2.48. The Labute approximate surface area is 179 Å². The highest BCUT2D eigenvalue weighted by molar-refractivity contribution is 5.74. The molecule has 0 N–H and O–H groups in total. The molecular weight excluding hydrogens is 370 g/mol. The van der Waals surface area contributed by atoms with Gasteiger partial charge in [0, 0.05) is 11.8 Å². The Balaban J connectivity index is 1.70. The standard InChI is InChI=1S/C26H31N3O/c1-17-24(30-4)12-10-18-9-11-19-15-22-23(28-21-8-6-5-7-20(21)27-22)16-26(19,25(17)18)13-14-29(2)3/h5-8,10,12,19H,9,11,13-16H2,1-4H3/t19?,26-/m1/s1. The minimum absolute atomic E-state index is 0.0978. The third kappa shape index (κ3) is 3.01. The van der Waals surface area contributed by atoms with Crippen molar-refractivity contribution >= 4 is 11.0 Å². The van der Waals surface area contributed by atoms with Gasteiger partial charge in [-0.3, -0.25) is 0 Å². The first-order valence-electron chi connectivity index (χ1n) is 11.1. The summed E-state index contributed by atoms with van der Waals surface area (Å²) < 4.78 is 5.75. The summed E-state index contributed by atoms with van der Waals surface area (Å²) in [5.41, 5.74) is 8.88. The summed E-state index contributed by atoms with van der Waals surface area (Å²) >= 11 is 0. The van der Waals surface area contributed by atoms with Crippen molar-refractivity contribution in [1.82, 2.24) is 14.9 Å². The van der Waals surface area contributed by atoms with E-state index in [4.69, 9.17) is 14.7 Å². The van der Waals surface area contributed by atoms with Crippen molar-refractivity contribution in [2.45, 2.75) is 44.4 Å². The molecule has 0 bridgehead atoms. The van der Waals surface area contributed by atoms with Crippen LogP contribution < -0.4 is 4.74 Å². The van der Waals surface area contributed by atoms with E-state index in [1.54, 1.807) is 7.11 Å². The Morgan fingerprint density at radius 2 is 1.80 bits per heavy atom. The van der Waals surface area contributed by atoms with Crippen molar-refractivity contribution in [2.75, 3.05) is 27.7 Å². The van der Waals surface area contributed by atoms with E-state index in [1.807, 2.05) is 0 Å². The summed E-state index contributed by atoms with van der Waals surface area (Å²) in [6.45, 7) is 3.32. The monoisotopic (exact) mass is 401 g/mol. The molecule has 0 fully saturated rings. The number of hydrogen-bond acceptors (Lipinski definition) is 4. The van der Waals surface area contributed by atoms with Crippen molar-refractivity contribution in [1.29, 1.82) is 0 Å². The van der Waals surface area contributed by atoms with Crippen LogP contribution in [-0.4, -0.2) is 42.6 Å². The molecule has 4 heteroatoms. The number of methoxy groups -OCH3 is 1. The van der Waals surface area contributed by atoms with Gasteiger partial charge < -0.3 is 9.64 Å². The third-order valence-corrected chi connectivity index (χ3v) is 7.42. The maximum atomic E-state index is 5.75. The number of para-hydroxylation sites is 2. The van der Waals surface area contributed by atoms with E-state index >= 15 is 0 Å². The number of benzene rings is 2. The van der Waals surface area contributed by atoms with Gasteiger partial charge in [0.05, 0.1) is 29.5 Å². The predicted octanol–water partition coefficient (Wildman–Crippen LogP) is 4.50. The number of ether oxygens (including phenoxy) is 1. The highest BCUT2D eigenvalue weighted by atomic mass is 16.5. The topological polar surface area (TPSA) is 38.2 Å². The lowest BCUT2D eigenvalue weighted by molar-refractivity contribution is 0.174.